The van der Waals surface area contributed by atoms with Crippen LogP contribution in [-0.4, -0.2) is 10.9 Å². The van der Waals surface area contributed by atoms with Crippen molar-refractivity contribution >= 4 is 34.2 Å². The first-order valence-electron chi connectivity index (χ1n) is 5.90. The number of carbonyl (C=O) groups excluding carboxylic acids is 1. The number of amides is 1. The molecular formula is C14H11F2IN2O. The van der Waals surface area contributed by atoms with Gasteiger partial charge < -0.3 is 5.32 Å². The number of aromatic nitrogens is 1. The average Bonchev–Trinajstić information content (AvgIpc) is 2.43. The van der Waals surface area contributed by atoms with Crippen LogP contribution in [0.25, 0.3) is 0 Å². The van der Waals surface area contributed by atoms with Crippen LogP contribution >= 0.6 is 22.6 Å². The van der Waals surface area contributed by atoms with E-state index in [4.69, 9.17) is 0 Å². The number of anilines is 1. The first-order valence-corrected chi connectivity index (χ1v) is 6.98. The molecule has 0 spiro atoms. The predicted octanol–water partition coefficient (Wildman–Crippen LogP) is 3.54. The van der Waals surface area contributed by atoms with Gasteiger partial charge in [-0.15, -0.1) is 0 Å². The van der Waals surface area contributed by atoms with Crippen molar-refractivity contribution in [3.8, 4) is 0 Å². The van der Waals surface area contributed by atoms with Gasteiger partial charge in [-0.3, -0.25) is 9.78 Å². The molecule has 1 aromatic carbocycles. The van der Waals surface area contributed by atoms with Gasteiger partial charge in [0.2, 0.25) is 5.91 Å². The highest BCUT2D eigenvalue weighted by Crippen LogP contribution is 2.20. The van der Waals surface area contributed by atoms with Gasteiger partial charge in [0.15, 0.2) is 0 Å². The Labute approximate surface area is 128 Å². The summed E-state index contributed by atoms with van der Waals surface area (Å²) in [5.74, 6) is -1.69. The molecule has 1 heterocycles. The van der Waals surface area contributed by atoms with Crippen molar-refractivity contribution in [2.45, 2.75) is 12.8 Å². The number of nitrogens with zero attached hydrogens (tertiary/aromatic N) is 1. The minimum absolute atomic E-state index is 0.0888. The summed E-state index contributed by atoms with van der Waals surface area (Å²) in [6.07, 6.45) is 2.32. The Balaban J connectivity index is 1.95. The zero-order valence-electron chi connectivity index (χ0n) is 10.4. The number of hydrogen-bond donors (Lipinski definition) is 1. The predicted molar refractivity (Wildman–Crippen MR) is 80.3 cm³/mol. The third-order valence-electron chi connectivity index (χ3n) is 2.60. The highest BCUT2D eigenvalue weighted by Gasteiger charge is 2.10. The third kappa shape index (κ3) is 3.96. The molecule has 0 unspecified atom stereocenters. The van der Waals surface area contributed by atoms with Crippen LogP contribution < -0.4 is 5.32 Å². The van der Waals surface area contributed by atoms with E-state index < -0.39 is 11.6 Å². The zero-order chi connectivity index (χ0) is 14.5. The van der Waals surface area contributed by atoms with E-state index in [2.05, 4.69) is 10.3 Å². The third-order valence-corrected chi connectivity index (χ3v) is 3.63. The van der Waals surface area contributed by atoms with E-state index in [9.17, 15) is 13.6 Å². The molecule has 2 rings (SSSR count). The SMILES string of the molecule is O=C(CCc1ccccn1)Nc1cc(F)c(I)c(F)c1. The van der Waals surface area contributed by atoms with Crippen LogP contribution in [0.15, 0.2) is 36.5 Å². The zero-order valence-corrected chi connectivity index (χ0v) is 12.5. The Morgan fingerprint density at radius 1 is 1.25 bits per heavy atom. The molecule has 104 valence electrons. The topological polar surface area (TPSA) is 42.0 Å². The standard InChI is InChI=1S/C14H11F2IN2O/c15-11-7-10(8-12(16)14(11)17)19-13(20)5-4-9-3-1-2-6-18-9/h1-3,6-8H,4-5H2,(H,19,20). The minimum Gasteiger partial charge on any atom is -0.326 e. The van der Waals surface area contributed by atoms with Gasteiger partial charge in [0.1, 0.15) is 11.6 Å². The number of hydrogen-bond acceptors (Lipinski definition) is 2. The van der Waals surface area contributed by atoms with Crippen LogP contribution in [0.5, 0.6) is 0 Å². The monoisotopic (exact) mass is 388 g/mol. The van der Waals surface area contributed by atoms with E-state index in [-0.39, 0.29) is 21.6 Å². The first-order chi connectivity index (χ1) is 9.56. The summed E-state index contributed by atoms with van der Waals surface area (Å²) >= 11 is 1.57. The first kappa shape index (κ1) is 14.8. The molecule has 2 aromatic rings. The van der Waals surface area contributed by atoms with Gasteiger partial charge in [0.25, 0.3) is 0 Å². The van der Waals surface area contributed by atoms with E-state index in [1.165, 1.54) is 0 Å². The fraction of sp³-hybridized carbons (Fsp3) is 0.143. The molecule has 0 aliphatic rings. The van der Waals surface area contributed by atoms with E-state index in [0.29, 0.717) is 6.42 Å². The van der Waals surface area contributed by atoms with Gasteiger partial charge >= 0.3 is 0 Å². The lowest BCUT2D eigenvalue weighted by molar-refractivity contribution is -0.116. The Hall–Kier alpha value is -1.57. The summed E-state index contributed by atoms with van der Waals surface area (Å²) in [6, 6.07) is 7.65. The maximum atomic E-state index is 13.3. The van der Waals surface area contributed by atoms with Crippen LogP contribution in [0, 0.1) is 15.2 Å². The van der Waals surface area contributed by atoms with Crippen molar-refractivity contribution in [3.63, 3.8) is 0 Å². The van der Waals surface area contributed by atoms with Gasteiger partial charge in [0, 0.05) is 24.0 Å². The van der Waals surface area contributed by atoms with Crippen molar-refractivity contribution in [2.24, 2.45) is 0 Å². The number of pyridine rings is 1. The number of halogens is 3. The lowest BCUT2D eigenvalue weighted by Crippen LogP contribution is -2.13. The molecule has 1 aromatic heterocycles. The highest BCUT2D eigenvalue weighted by atomic mass is 127. The Morgan fingerprint density at radius 2 is 1.95 bits per heavy atom. The second-order valence-electron chi connectivity index (χ2n) is 4.12. The molecule has 0 bridgehead atoms. The number of carbonyl (C=O) groups is 1. The van der Waals surface area contributed by atoms with Gasteiger partial charge in [-0.1, -0.05) is 6.07 Å². The van der Waals surface area contributed by atoms with Crippen molar-refractivity contribution < 1.29 is 13.6 Å². The van der Waals surface area contributed by atoms with Gasteiger partial charge in [-0.05, 0) is 53.3 Å². The molecule has 1 amide bonds. The van der Waals surface area contributed by atoms with E-state index >= 15 is 0 Å². The number of nitrogens with one attached hydrogen (secondary N) is 1. The van der Waals surface area contributed by atoms with Crippen molar-refractivity contribution in [2.75, 3.05) is 5.32 Å². The number of rotatable bonds is 4. The van der Waals surface area contributed by atoms with Crippen LogP contribution in [0.3, 0.4) is 0 Å². The average molecular weight is 388 g/mol. The molecule has 0 saturated heterocycles. The molecule has 0 radical (unpaired) electrons. The normalized spacial score (nSPS) is 10.3. The van der Waals surface area contributed by atoms with E-state index in [0.717, 1.165) is 17.8 Å². The second-order valence-corrected chi connectivity index (χ2v) is 5.20. The number of aryl methyl sites for hydroxylation is 1. The lowest BCUT2D eigenvalue weighted by Gasteiger charge is -2.06. The molecule has 1 N–H and O–H groups in total. The molecule has 20 heavy (non-hydrogen) atoms. The highest BCUT2D eigenvalue weighted by molar-refractivity contribution is 14.1. The summed E-state index contributed by atoms with van der Waals surface area (Å²) in [5, 5.41) is 2.47. The Bertz CT molecular complexity index is 597. The van der Waals surface area contributed by atoms with Gasteiger partial charge in [0.05, 0.1) is 3.57 Å². The van der Waals surface area contributed by atoms with Gasteiger partial charge in [-0.2, -0.15) is 0 Å². The summed E-state index contributed by atoms with van der Waals surface area (Å²) in [5.41, 5.74) is 0.911. The smallest absolute Gasteiger partial charge is 0.224 e. The van der Waals surface area contributed by atoms with E-state index in [1.807, 2.05) is 12.1 Å². The quantitative estimate of drug-likeness (QED) is 0.643. The van der Waals surface area contributed by atoms with Crippen molar-refractivity contribution in [3.05, 3.63) is 57.4 Å². The lowest BCUT2D eigenvalue weighted by atomic mass is 10.2. The molecular weight excluding hydrogens is 377 g/mol. The maximum absolute atomic E-state index is 13.3. The molecule has 3 nitrogen and oxygen atoms in total. The summed E-state index contributed by atoms with van der Waals surface area (Å²) in [6.45, 7) is 0. The van der Waals surface area contributed by atoms with Crippen LogP contribution in [0.1, 0.15) is 12.1 Å². The van der Waals surface area contributed by atoms with Crippen LogP contribution in [-0.2, 0) is 11.2 Å². The van der Waals surface area contributed by atoms with Crippen molar-refractivity contribution in [1.29, 1.82) is 0 Å². The molecule has 0 atom stereocenters. The molecule has 0 fully saturated rings. The molecule has 0 aliphatic carbocycles. The van der Waals surface area contributed by atoms with Crippen LogP contribution in [0.4, 0.5) is 14.5 Å². The largest absolute Gasteiger partial charge is 0.326 e. The molecule has 6 heteroatoms. The van der Waals surface area contributed by atoms with Crippen LogP contribution in [0.2, 0.25) is 0 Å². The molecule has 0 saturated carbocycles. The maximum Gasteiger partial charge on any atom is 0.224 e. The van der Waals surface area contributed by atoms with Crippen molar-refractivity contribution in [1.82, 2.24) is 4.98 Å². The second kappa shape index (κ2) is 6.74. The van der Waals surface area contributed by atoms with E-state index in [1.54, 1.807) is 34.9 Å². The Kier molecular flexibility index (Phi) is 4.99. The fourth-order valence-electron chi connectivity index (χ4n) is 1.64. The minimum atomic E-state index is -0.689. The fourth-order valence-corrected chi connectivity index (χ4v) is 1.95. The Morgan fingerprint density at radius 3 is 2.55 bits per heavy atom. The number of benzene rings is 1. The summed E-state index contributed by atoms with van der Waals surface area (Å²) in [4.78, 5) is 15.8. The molecule has 0 aliphatic heterocycles. The summed E-state index contributed by atoms with van der Waals surface area (Å²) < 4.78 is 26.6. The van der Waals surface area contributed by atoms with Gasteiger partial charge in [-0.25, -0.2) is 8.78 Å². The summed E-state index contributed by atoms with van der Waals surface area (Å²) in [7, 11) is 0.